The van der Waals surface area contributed by atoms with E-state index in [0.29, 0.717) is 5.75 Å². The first-order valence-corrected chi connectivity index (χ1v) is 4.52. The molecule has 0 aliphatic heterocycles. The van der Waals surface area contributed by atoms with Gasteiger partial charge in [-0.15, -0.1) is 0 Å². The number of aliphatic hydroxyl groups excluding tert-OH is 3. The van der Waals surface area contributed by atoms with E-state index in [1.807, 2.05) is 18.2 Å². The van der Waals surface area contributed by atoms with Gasteiger partial charge in [0.2, 0.25) is 0 Å². The van der Waals surface area contributed by atoms with E-state index in [0.717, 1.165) is 0 Å². The molecular formula is C10H16O5. The summed E-state index contributed by atoms with van der Waals surface area (Å²) in [7, 11) is 0. The Kier molecular flexibility index (Phi) is 10.1. The van der Waals surface area contributed by atoms with Crippen molar-refractivity contribution in [1.82, 2.24) is 0 Å². The molecule has 86 valence electrons. The van der Waals surface area contributed by atoms with Gasteiger partial charge in [0.25, 0.3) is 0 Å². The standard InChI is InChI=1S/C8H10O3.C2H6O2/c9-6-7-10-11-8-4-2-1-3-5-8;3-1-2-4/h1-5,9H,6-7H2;3-4H,1-2H2. The molecule has 5 heteroatoms. The van der Waals surface area contributed by atoms with Gasteiger partial charge in [-0.2, -0.15) is 4.89 Å². The Labute approximate surface area is 88.4 Å². The molecule has 1 rings (SSSR count). The quantitative estimate of drug-likeness (QED) is 0.365. The highest BCUT2D eigenvalue weighted by Gasteiger charge is 1.89. The van der Waals surface area contributed by atoms with Gasteiger partial charge >= 0.3 is 0 Å². The van der Waals surface area contributed by atoms with Gasteiger partial charge in [-0.1, -0.05) is 18.2 Å². The summed E-state index contributed by atoms with van der Waals surface area (Å²) in [6, 6.07) is 9.13. The first-order chi connectivity index (χ1) is 7.35. The minimum absolute atomic E-state index is 0.0349. The van der Waals surface area contributed by atoms with Crippen LogP contribution >= 0.6 is 0 Å². The molecule has 3 N–H and O–H groups in total. The third kappa shape index (κ3) is 9.17. The fraction of sp³-hybridized carbons (Fsp3) is 0.400. The topological polar surface area (TPSA) is 79.2 Å². The van der Waals surface area contributed by atoms with Crippen molar-refractivity contribution >= 4 is 0 Å². The van der Waals surface area contributed by atoms with E-state index in [-0.39, 0.29) is 26.4 Å². The number of hydrogen-bond acceptors (Lipinski definition) is 5. The first-order valence-electron chi connectivity index (χ1n) is 4.52. The third-order valence-corrected chi connectivity index (χ3v) is 1.17. The average molecular weight is 216 g/mol. The van der Waals surface area contributed by atoms with Gasteiger partial charge in [0.15, 0.2) is 5.75 Å². The van der Waals surface area contributed by atoms with Crippen LogP contribution in [0.4, 0.5) is 0 Å². The largest absolute Gasteiger partial charge is 0.394 e. The summed E-state index contributed by atoms with van der Waals surface area (Å²) in [6.07, 6.45) is 0. The van der Waals surface area contributed by atoms with Crippen molar-refractivity contribution in [3.8, 4) is 5.75 Å². The summed E-state index contributed by atoms with van der Waals surface area (Å²) < 4.78 is 0. The molecule has 0 aliphatic carbocycles. The van der Waals surface area contributed by atoms with Crippen molar-refractivity contribution in [1.29, 1.82) is 0 Å². The minimum atomic E-state index is -0.125. The zero-order chi connectivity index (χ0) is 11.4. The first kappa shape index (κ1) is 13.9. The predicted octanol–water partition coefficient (Wildman–Crippen LogP) is -0.0397. The van der Waals surface area contributed by atoms with Crippen LogP contribution in [0, 0.1) is 0 Å². The van der Waals surface area contributed by atoms with Crippen LogP contribution in [0.25, 0.3) is 0 Å². The van der Waals surface area contributed by atoms with Gasteiger partial charge in [0, 0.05) is 0 Å². The van der Waals surface area contributed by atoms with E-state index in [9.17, 15) is 0 Å². The predicted molar refractivity (Wildman–Crippen MR) is 54.3 cm³/mol. The maximum absolute atomic E-state index is 8.34. The number of hydrogen-bond donors (Lipinski definition) is 3. The molecule has 1 aromatic rings. The number of benzene rings is 1. The molecule has 0 aromatic heterocycles. The van der Waals surface area contributed by atoms with Gasteiger partial charge < -0.3 is 20.2 Å². The third-order valence-electron chi connectivity index (χ3n) is 1.17. The summed E-state index contributed by atoms with van der Waals surface area (Å²) in [5, 5.41) is 23.6. The Morgan fingerprint density at radius 1 is 0.867 bits per heavy atom. The smallest absolute Gasteiger partial charge is 0.165 e. The van der Waals surface area contributed by atoms with Gasteiger partial charge in [-0.3, -0.25) is 0 Å². The van der Waals surface area contributed by atoms with Gasteiger partial charge in [-0.05, 0) is 12.1 Å². The van der Waals surface area contributed by atoms with Crippen LogP contribution in [0.2, 0.25) is 0 Å². The molecular weight excluding hydrogens is 200 g/mol. The van der Waals surface area contributed by atoms with Gasteiger partial charge in [0.1, 0.15) is 6.61 Å². The molecule has 0 amide bonds. The molecule has 0 fully saturated rings. The summed E-state index contributed by atoms with van der Waals surface area (Å²) >= 11 is 0. The van der Waals surface area contributed by atoms with E-state index in [4.69, 9.17) is 20.2 Å². The number of para-hydroxylation sites is 1. The maximum atomic E-state index is 8.34. The lowest BCUT2D eigenvalue weighted by Crippen LogP contribution is -2.02. The summed E-state index contributed by atoms with van der Waals surface area (Å²) in [5.74, 6) is 0.640. The Bertz CT molecular complexity index is 212. The molecule has 1 aromatic carbocycles. The Morgan fingerprint density at radius 3 is 1.93 bits per heavy atom. The average Bonchev–Trinajstić information content (AvgIpc) is 2.31. The van der Waals surface area contributed by atoms with Crippen LogP contribution in [-0.2, 0) is 4.89 Å². The fourth-order valence-electron chi connectivity index (χ4n) is 0.623. The number of aliphatic hydroxyl groups is 3. The van der Waals surface area contributed by atoms with Crippen LogP contribution < -0.4 is 4.89 Å². The second-order valence-electron chi connectivity index (χ2n) is 2.39. The molecule has 0 heterocycles. The highest BCUT2D eigenvalue weighted by molar-refractivity contribution is 5.20. The van der Waals surface area contributed by atoms with Crippen molar-refractivity contribution in [3.63, 3.8) is 0 Å². The molecule has 0 bridgehead atoms. The molecule has 0 radical (unpaired) electrons. The lowest BCUT2D eigenvalue weighted by molar-refractivity contribution is -0.212. The van der Waals surface area contributed by atoms with E-state index in [2.05, 4.69) is 4.89 Å². The summed E-state index contributed by atoms with van der Waals surface area (Å²) in [5.41, 5.74) is 0. The second kappa shape index (κ2) is 10.9. The van der Waals surface area contributed by atoms with Crippen LogP contribution in [-0.4, -0.2) is 41.7 Å². The molecule has 0 atom stereocenters. The van der Waals surface area contributed by atoms with Crippen molar-refractivity contribution in [2.24, 2.45) is 0 Å². The van der Waals surface area contributed by atoms with E-state index in [1.165, 1.54) is 0 Å². The highest BCUT2D eigenvalue weighted by atomic mass is 17.2. The van der Waals surface area contributed by atoms with Crippen LogP contribution in [0.3, 0.4) is 0 Å². The van der Waals surface area contributed by atoms with Crippen LogP contribution in [0.5, 0.6) is 5.75 Å². The van der Waals surface area contributed by atoms with Gasteiger partial charge in [-0.25, -0.2) is 0 Å². The van der Waals surface area contributed by atoms with Crippen molar-refractivity contribution in [3.05, 3.63) is 30.3 Å². The molecule has 0 spiro atoms. The molecule has 15 heavy (non-hydrogen) atoms. The zero-order valence-corrected chi connectivity index (χ0v) is 8.37. The summed E-state index contributed by atoms with van der Waals surface area (Å²) in [6.45, 7) is -0.0955. The molecule has 0 aliphatic rings. The lowest BCUT2D eigenvalue weighted by atomic mass is 10.3. The minimum Gasteiger partial charge on any atom is -0.394 e. The molecule has 0 unspecified atom stereocenters. The second-order valence-corrected chi connectivity index (χ2v) is 2.39. The normalized spacial score (nSPS) is 9.00. The lowest BCUT2D eigenvalue weighted by Gasteiger charge is -2.01. The Balaban J connectivity index is 0.000000423. The van der Waals surface area contributed by atoms with E-state index < -0.39 is 0 Å². The van der Waals surface area contributed by atoms with Crippen molar-refractivity contribution in [2.75, 3.05) is 26.4 Å². The SMILES string of the molecule is OCCO.OCCOOc1ccccc1. The summed E-state index contributed by atoms with van der Waals surface area (Å²) in [4.78, 5) is 9.41. The zero-order valence-electron chi connectivity index (χ0n) is 8.37. The molecule has 5 nitrogen and oxygen atoms in total. The van der Waals surface area contributed by atoms with Gasteiger partial charge in [0.05, 0.1) is 19.8 Å². The van der Waals surface area contributed by atoms with Crippen molar-refractivity contribution < 1.29 is 25.1 Å². The fourth-order valence-corrected chi connectivity index (χ4v) is 0.623. The number of rotatable bonds is 5. The van der Waals surface area contributed by atoms with Crippen LogP contribution in [0.15, 0.2) is 30.3 Å². The Morgan fingerprint density at radius 2 is 1.47 bits per heavy atom. The van der Waals surface area contributed by atoms with Crippen LogP contribution in [0.1, 0.15) is 0 Å². The monoisotopic (exact) mass is 216 g/mol. The highest BCUT2D eigenvalue weighted by Crippen LogP contribution is 2.07. The van der Waals surface area contributed by atoms with E-state index >= 15 is 0 Å². The van der Waals surface area contributed by atoms with Crippen molar-refractivity contribution in [2.45, 2.75) is 0 Å². The van der Waals surface area contributed by atoms with E-state index in [1.54, 1.807) is 12.1 Å². The molecule has 0 saturated heterocycles. The maximum Gasteiger partial charge on any atom is 0.165 e. The molecule has 0 saturated carbocycles. The Hall–Kier alpha value is -1.14.